The highest BCUT2D eigenvalue weighted by molar-refractivity contribution is 6.36. The second-order valence-corrected chi connectivity index (χ2v) is 10.7. The zero-order valence-electron chi connectivity index (χ0n) is 21.3. The molecule has 0 saturated carbocycles. The summed E-state index contributed by atoms with van der Waals surface area (Å²) >= 11 is 12.8. The highest BCUT2D eigenvalue weighted by Gasteiger charge is 2.30. The van der Waals surface area contributed by atoms with Crippen LogP contribution in [0.5, 0.6) is 0 Å². The van der Waals surface area contributed by atoms with Crippen molar-refractivity contribution >= 4 is 35.0 Å². The van der Waals surface area contributed by atoms with Crippen molar-refractivity contribution in [1.29, 1.82) is 0 Å². The quantitative estimate of drug-likeness (QED) is 0.380. The Morgan fingerprint density at radius 3 is 2.06 bits per heavy atom. The van der Waals surface area contributed by atoms with Gasteiger partial charge in [0, 0.05) is 34.6 Å². The Kier molecular flexibility index (Phi) is 10.5. The number of hydrogen-bond acceptors (Lipinski definition) is 2. The van der Waals surface area contributed by atoms with Crippen molar-refractivity contribution in [2.45, 2.75) is 91.3 Å². The minimum Gasteiger partial charge on any atom is -0.352 e. The fourth-order valence-corrected chi connectivity index (χ4v) is 4.30. The van der Waals surface area contributed by atoms with E-state index in [1.165, 1.54) is 5.56 Å². The molecule has 0 saturated heterocycles. The standard InChI is InChI=1S/C28H38Cl2N2O2/c1-7-19(3)31-27(34)25(8-2)32(18-22-23(29)10-9-11-24(22)30)26(33)17-14-20-12-15-21(16-13-20)28(4,5)6/h9-13,15-16,19,25H,7-8,14,17-18H2,1-6H3,(H,31,34)/t19-,25-/m1/s1. The van der Waals surface area contributed by atoms with E-state index in [9.17, 15) is 9.59 Å². The summed E-state index contributed by atoms with van der Waals surface area (Å²) in [6, 6.07) is 13.1. The van der Waals surface area contributed by atoms with E-state index in [2.05, 4.69) is 50.4 Å². The molecular weight excluding hydrogens is 467 g/mol. The second kappa shape index (κ2) is 12.6. The molecule has 6 heteroatoms. The lowest BCUT2D eigenvalue weighted by molar-refractivity contribution is -0.141. The first-order valence-electron chi connectivity index (χ1n) is 12.1. The summed E-state index contributed by atoms with van der Waals surface area (Å²) in [6.07, 6.45) is 2.21. The fourth-order valence-electron chi connectivity index (χ4n) is 3.78. The van der Waals surface area contributed by atoms with Crippen molar-refractivity contribution in [3.05, 3.63) is 69.2 Å². The normalized spacial score (nSPS) is 13.3. The summed E-state index contributed by atoms with van der Waals surface area (Å²) in [6.45, 7) is 12.6. The topological polar surface area (TPSA) is 49.4 Å². The highest BCUT2D eigenvalue weighted by atomic mass is 35.5. The molecule has 0 aliphatic rings. The number of halogens is 2. The maximum Gasteiger partial charge on any atom is 0.243 e. The molecule has 0 fully saturated rings. The molecule has 4 nitrogen and oxygen atoms in total. The lowest BCUT2D eigenvalue weighted by Crippen LogP contribution is -2.50. The smallest absolute Gasteiger partial charge is 0.243 e. The Morgan fingerprint density at radius 1 is 0.971 bits per heavy atom. The molecular formula is C28H38Cl2N2O2. The van der Waals surface area contributed by atoms with Crippen LogP contribution in [0.3, 0.4) is 0 Å². The molecule has 2 aromatic rings. The van der Waals surface area contributed by atoms with Crippen molar-refractivity contribution < 1.29 is 9.59 Å². The van der Waals surface area contributed by atoms with Crippen molar-refractivity contribution in [2.24, 2.45) is 0 Å². The van der Waals surface area contributed by atoms with Crippen LogP contribution >= 0.6 is 23.2 Å². The number of amides is 2. The van der Waals surface area contributed by atoms with E-state index in [0.717, 1.165) is 12.0 Å². The SMILES string of the molecule is CC[C@@H](C)NC(=O)[C@@H](CC)N(Cc1c(Cl)cccc1Cl)C(=O)CCc1ccc(C(C)(C)C)cc1. The minimum absolute atomic E-state index is 0.0312. The lowest BCUT2D eigenvalue weighted by atomic mass is 9.86. The largest absolute Gasteiger partial charge is 0.352 e. The van der Waals surface area contributed by atoms with Gasteiger partial charge in [-0.25, -0.2) is 0 Å². The molecule has 0 aliphatic carbocycles. The summed E-state index contributed by atoms with van der Waals surface area (Å²) < 4.78 is 0. The predicted molar refractivity (Wildman–Crippen MR) is 142 cm³/mol. The molecule has 0 bridgehead atoms. The van der Waals surface area contributed by atoms with Gasteiger partial charge < -0.3 is 10.2 Å². The lowest BCUT2D eigenvalue weighted by Gasteiger charge is -2.32. The number of carbonyl (C=O) groups is 2. The number of aryl methyl sites for hydroxylation is 1. The van der Waals surface area contributed by atoms with Crippen molar-refractivity contribution in [2.75, 3.05) is 0 Å². The van der Waals surface area contributed by atoms with Gasteiger partial charge in [0.2, 0.25) is 11.8 Å². The van der Waals surface area contributed by atoms with Gasteiger partial charge in [0.15, 0.2) is 0 Å². The molecule has 186 valence electrons. The van der Waals surface area contributed by atoms with Gasteiger partial charge in [0.25, 0.3) is 0 Å². The van der Waals surface area contributed by atoms with Crippen LogP contribution in [-0.2, 0) is 28.0 Å². The van der Waals surface area contributed by atoms with E-state index in [0.29, 0.717) is 34.9 Å². The maximum absolute atomic E-state index is 13.5. The third-order valence-corrected chi connectivity index (χ3v) is 6.93. The zero-order chi connectivity index (χ0) is 25.5. The van der Waals surface area contributed by atoms with Crippen LogP contribution in [0.4, 0.5) is 0 Å². The number of hydrogen-bond donors (Lipinski definition) is 1. The molecule has 2 amide bonds. The first kappa shape index (κ1) is 28.2. The minimum atomic E-state index is -0.600. The number of carbonyl (C=O) groups excluding carboxylic acids is 2. The van der Waals surface area contributed by atoms with E-state index in [4.69, 9.17) is 23.2 Å². The average molecular weight is 506 g/mol. The van der Waals surface area contributed by atoms with E-state index in [1.807, 2.05) is 20.8 Å². The van der Waals surface area contributed by atoms with Crippen LogP contribution in [0.25, 0.3) is 0 Å². The Hall–Kier alpha value is -2.04. The number of rotatable bonds is 10. The molecule has 0 heterocycles. The molecule has 1 N–H and O–H groups in total. The molecule has 0 spiro atoms. The first-order valence-corrected chi connectivity index (χ1v) is 12.9. The molecule has 2 rings (SSSR count). The number of nitrogens with zero attached hydrogens (tertiary/aromatic N) is 1. The van der Waals surface area contributed by atoms with Gasteiger partial charge in [0.1, 0.15) is 6.04 Å². The second-order valence-electron chi connectivity index (χ2n) is 9.91. The van der Waals surface area contributed by atoms with Gasteiger partial charge in [-0.15, -0.1) is 0 Å². The Morgan fingerprint density at radius 2 is 1.56 bits per heavy atom. The molecule has 2 atom stereocenters. The van der Waals surface area contributed by atoms with Crippen LogP contribution < -0.4 is 5.32 Å². The summed E-state index contributed by atoms with van der Waals surface area (Å²) in [5.41, 5.74) is 3.08. The van der Waals surface area contributed by atoms with Gasteiger partial charge in [-0.3, -0.25) is 9.59 Å². The monoisotopic (exact) mass is 504 g/mol. The van der Waals surface area contributed by atoms with E-state index in [1.54, 1.807) is 23.1 Å². The predicted octanol–water partition coefficient (Wildman–Crippen LogP) is 6.95. The third-order valence-electron chi connectivity index (χ3n) is 6.22. The Balaban J connectivity index is 2.26. The van der Waals surface area contributed by atoms with Gasteiger partial charge in [-0.1, -0.05) is 88.2 Å². The summed E-state index contributed by atoms with van der Waals surface area (Å²) in [7, 11) is 0. The Bertz CT molecular complexity index is 947. The van der Waals surface area contributed by atoms with E-state index < -0.39 is 6.04 Å². The van der Waals surface area contributed by atoms with Crippen molar-refractivity contribution in [1.82, 2.24) is 10.2 Å². The molecule has 2 aromatic carbocycles. The summed E-state index contributed by atoms with van der Waals surface area (Å²) in [5, 5.41) is 4.00. The molecule has 0 aliphatic heterocycles. The van der Waals surface area contributed by atoms with E-state index in [-0.39, 0.29) is 29.8 Å². The van der Waals surface area contributed by atoms with Crippen LogP contribution in [0.1, 0.15) is 77.5 Å². The third kappa shape index (κ3) is 7.74. The summed E-state index contributed by atoms with van der Waals surface area (Å²) in [5.74, 6) is -0.245. The molecule has 0 unspecified atom stereocenters. The number of benzene rings is 2. The zero-order valence-corrected chi connectivity index (χ0v) is 22.8. The van der Waals surface area contributed by atoms with Crippen LogP contribution in [0.2, 0.25) is 10.0 Å². The summed E-state index contributed by atoms with van der Waals surface area (Å²) in [4.78, 5) is 28.2. The van der Waals surface area contributed by atoms with Crippen molar-refractivity contribution in [3.63, 3.8) is 0 Å². The van der Waals surface area contributed by atoms with Gasteiger partial charge in [-0.2, -0.15) is 0 Å². The first-order chi connectivity index (χ1) is 16.0. The molecule has 34 heavy (non-hydrogen) atoms. The van der Waals surface area contributed by atoms with Crippen molar-refractivity contribution in [3.8, 4) is 0 Å². The van der Waals surface area contributed by atoms with Gasteiger partial charge >= 0.3 is 0 Å². The highest BCUT2D eigenvalue weighted by Crippen LogP contribution is 2.28. The molecule has 0 aromatic heterocycles. The molecule has 0 radical (unpaired) electrons. The van der Waals surface area contributed by atoms with E-state index >= 15 is 0 Å². The Labute approximate surface area is 215 Å². The van der Waals surface area contributed by atoms with Crippen LogP contribution in [0.15, 0.2) is 42.5 Å². The maximum atomic E-state index is 13.5. The average Bonchev–Trinajstić information content (AvgIpc) is 2.78. The number of nitrogens with one attached hydrogen (secondary N) is 1. The van der Waals surface area contributed by atoms with Gasteiger partial charge in [-0.05, 0) is 54.9 Å². The fraction of sp³-hybridized carbons (Fsp3) is 0.500. The van der Waals surface area contributed by atoms with Crippen LogP contribution in [0, 0.1) is 0 Å². The van der Waals surface area contributed by atoms with Gasteiger partial charge in [0.05, 0.1) is 0 Å². The van der Waals surface area contributed by atoms with Crippen LogP contribution in [-0.4, -0.2) is 28.8 Å².